The van der Waals surface area contributed by atoms with Crippen molar-refractivity contribution < 1.29 is 9.59 Å². The van der Waals surface area contributed by atoms with E-state index in [1.54, 1.807) is 5.38 Å². The SMILES string of the molecule is CCCc1cc(=O)n2[nH]c(NC(=O)c3csc(C(C)=O)c3)nc2n1. The molecule has 0 aliphatic carbocycles. The number of hydrogen-bond donors (Lipinski definition) is 2. The number of anilines is 1. The van der Waals surface area contributed by atoms with Crippen molar-refractivity contribution in [3.05, 3.63) is 44.0 Å². The molecule has 1 amide bonds. The zero-order chi connectivity index (χ0) is 17.3. The van der Waals surface area contributed by atoms with Crippen LogP contribution in [-0.4, -0.2) is 31.3 Å². The van der Waals surface area contributed by atoms with E-state index in [4.69, 9.17) is 0 Å². The van der Waals surface area contributed by atoms with Crippen LogP contribution in [0.25, 0.3) is 5.78 Å². The van der Waals surface area contributed by atoms with Crippen molar-refractivity contribution in [2.45, 2.75) is 26.7 Å². The molecular weight excluding hydrogens is 330 g/mol. The number of H-pyrrole nitrogens is 1. The number of ketones is 1. The molecule has 0 saturated heterocycles. The Hall–Kier alpha value is -2.81. The molecule has 3 heterocycles. The lowest BCUT2D eigenvalue weighted by Crippen LogP contribution is -2.16. The summed E-state index contributed by atoms with van der Waals surface area (Å²) in [5.74, 6) is -0.188. The van der Waals surface area contributed by atoms with Gasteiger partial charge in [-0.2, -0.15) is 9.50 Å². The predicted molar refractivity (Wildman–Crippen MR) is 89.9 cm³/mol. The number of Topliss-reactive ketones (excluding diaryl/α,β-unsaturated/α-hetero) is 1. The summed E-state index contributed by atoms with van der Waals surface area (Å²) in [4.78, 5) is 44.4. The van der Waals surface area contributed by atoms with Gasteiger partial charge >= 0.3 is 0 Å². The second-order valence-electron chi connectivity index (χ2n) is 5.25. The third-order valence-electron chi connectivity index (χ3n) is 3.33. The Bertz CT molecular complexity index is 985. The largest absolute Gasteiger partial charge is 0.294 e. The van der Waals surface area contributed by atoms with E-state index in [-0.39, 0.29) is 23.1 Å². The van der Waals surface area contributed by atoms with Crippen LogP contribution in [-0.2, 0) is 6.42 Å². The van der Waals surface area contributed by atoms with Crippen LogP contribution in [0.2, 0.25) is 0 Å². The highest BCUT2D eigenvalue weighted by molar-refractivity contribution is 7.12. The maximum Gasteiger partial charge on any atom is 0.274 e. The first kappa shape index (κ1) is 16.1. The van der Waals surface area contributed by atoms with Gasteiger partial charge in [-0.3, -0.25) is 24.8 Å². The van der Waals surface area contributed by atoms with Crippen LogP contribution in [0.5, 0.6) is 0 Å². The minimum absolute atomic E-state index is 0.0954. The highest BCUT2D eigenvalue weighted by atomic mass is 32.1. The van der Waals surface area contributed by atoms with Gasteiger partial charge in [0, 0.05) is 11.4 Å². The molecule has 0 saturated carbocycles. The van der Waals surface area contributed by atoms with Crippen molar-refractivity contribution in [2.75, 3.05) is 5.32 Å². The Morgan fingerprint density at radius 3 is 2.79 bits per heavy atom. The molecule has 24 heavy (non-hydrogen) atoms. The molecule has 3 aromatic rings. The molecule has 0 aromatic carbocycles. The lowest BCUT2D eigenvalue weighted by atomic mass is 10.2. The summed E-state index contributed by atoms with van der Waals surface area (Å²) < 4.78 is 1.17. The van der Waals surface area contributed by atoms with Gasteiger partial charge in [0.15, 0.2) is 5.78 Å². The number of aromatic amines is 1. The van der Waals surface area contributed by atoms with Crippen LogP contribution >= 0.6 is 11.3 Å². The first-order chi connectivity index (χ1) is 11.5. The highest BCUT2D eigenvalue weighted by Crippen LogP contribution is 2.16. The number of nitrogens with one attached hydrogen (secondary N) is 2. The zero-order valence-electron chi connectivity index (χ0n) is 13.1. The quantitative estimate of drug-likeness (QED) is 0.686. The van der Waals surface area contributed by atoms with Gasteiger partial charge in [0.25, 0.3) is 17.2 Å². The number of rotatable bonds is 5. The first-order valence-corrected chi connectivity index (χ1v) is 8.25. The Kier molecular flexibility index (Phi) is 4.26. The van der Waals surface area contributed by atoms with Gasteiger partial charge in [-0.15, -0.1) is 11.3 Å². The first-order valence-electron chi connectivity index (χ1n) is 7.37. The van der Waals surface area contributed by atoms with Crippen molar-refractivity contribution in [1.82, 2.24) is 19.6 Å². The molecule has 9 heteroatoms. The molecule has 124 valence electrons. The molecule has 0 aliphatic heterocycles. The van der Waals surface area contributed by atoms with Gasteiger partial charge in [-0.05, 0) is 19.4 Å². The summed E-state index contributed by atoms with van der Waals surface area (Å²) in [5, 5.41) is 6.86. The Morgan fingerprint density at radius 1 is 1.33 bits per heavy atom. The number of carbonyl (C=O) groups is 2. The molecule has 0 atom stereocenters. The van der Waals surface area contributed by atoms with E-state index in [9.17, 15) is 14.4 Å². The van der Waals surface area contributed by atoms with Gasteiger partial charge in [0.1, 0.15) is 0 Å². The molecule has 0 fully saturated rings. The normalized spacial score (nSPS) is 10.9. The van der Waals surface area contributed by atoms with Crippen molar-refractivity contribution in [1.29, 1.82) is 0 Å². The highest BCUT2D eigenvalue weighted by Gasteiger charge is 2.14. The van der Waals surface area contributed by atoms with E-state index in [1.807, 2.05) is 6.92 Å². The van der Waals surface area contributed by atoms with Gasteiger partial charge in [-0.1, -0.05) is 13.3 Å². The Labute approximate surface area is 140 Å². The number of amides is 1. The van der Waals surface area contributed by atoms with Crippen LogP contribution in [0.1, 0.15) is 46.0 Å². The Balaban J connectivity index is 1.86. The second-order valence-corrected chi connectivity index (χ2v) is 6.16. The lowest BCUT2D eigenvalue weighted by Gasteiger charge is -1.97. The molecule has 0 spiro atoms. The van der Waals surface area contributed by atoms with Crippen LogP contribution in [0.3, 0.4) is 0 Å². The van der Waals surface area contributed by atoms with Crippen LogP contribution in [0, 0.1) is 0 Å². The fourth-order valence-electron chi connectivity index (χ4n) is 2.19. The summed E-state index contributed by atoms with van der Waals surface area (Å²) in [6.45, 7) is 3.44. The summed E-state index contributed by atoms with van der Waals surface area (Å²) in [6.07, 6.45) is 1.55. The van der Waals surface area contributed by atoms with Crippen molar-refractivity contribution in [3.63, 3.8) is 0 Å². The summed E-state index contributed by atoms with van der Waals surface area (Å²) in [7, 11) is 0. The summed E-state index contributed by atoms with van der Waals surface area (Å²) >= 11 is 1.20. The summed E-state index contributed by atoms with van der Waals surface area (Å²) in [5.41, 5.74) is 0.735. The standard InChI is InChI=1S/C15H15N5O3S/c1-3-4-10-6-12(22)20-15(16-10)18-14(19-20)17-13(23)9-5-11(8(2)21)24-7-9/h5-7H,3-4H2,1-2H3,(H2,16,17,18,19,23). The fourth-order valence-corrected chi connectivity index (χ4v) is 2.98. The molecule has 2 N–H and O–H groups in total. The number of fused-ring (bicyclic) bond motifs is 1. The van der Waals surface area contributed by atoms with Crippen molar-refractivity contribution >= 4 is 34.8 Å². The van der Waals surface area contributed by atoms with E-state index in [0.29, 0.717) is 22.6 Å². The van der Waals surface area contributed by atoms with E-state index >= 15 is 0 Å². The molecular formula is C15H15N5O3S. The minimum Gasteiger partial charge on any atom is -0.294 e. The molecule has 3 aromatic heterocycles. The average molecular weight is 345 g/mol. The average Bonchev–Trinajstić information content (AvgIpc) is 3.14. The predicted octanol–water partition coefficient (Wildman–Crippen LogP) is 1.89. The van der Waals surface area contributed by atoms with E-state index in [2.05, 4.69) is 20.4 Å². The molecule has 8 nitrogen and oxygen atoms in total. The number of hydrogen-bond acceptors (Lipinski definition) is 6. The maximum absolute atomic E-state index is 12.2. The maximum atomic E-state index is 12.2. The topological polar surface area (TPSA) is 109 Å². The van der Waals surface area contributed by atoms with Crippen LogP contribution < -0.4 is 10.9 Å². The third kappa shape index (κ3) is 3.11. The Morgan fingerprint density at radius 2 is 2.12 bits per heavy atom. The number of thiophene rings is 1. The lowest BCUT2D eigenvalue weighted by molar-refractivity contribution is 0.102. The number of aryl methyl sites for hydroxylation is 1. The third-order valence-corrected chi connectivity index (χ3v) is 4.36. The van der Waals surface area contributed by atoms with E-state index in [1.165, 1.54) is 34.9 Å². The smallest absolute Gasteiger partial charge is 0.274 e. The van der Waals surface area contributed by atoms with Crippen LogP contribution in [0.4, 0.5) is 5.95 Å². The molecule has 0 radical (unpaired) electrons. The van der Waals surface area contributed by atoms with Crippen molar-refractivity contribution in [2.24, 2.45) is 0 Å². The molecule has 3 rings (SSSR count). The molecule has 0 aliphatic rings. The molecule has 0 unspecified atom stereocenters. The van der Waals surface area contributed by atoms with Gasteiger partial charge in [-0.25, -0.2) is 4.98 Å². The number of nitrogens with zero attached hydrogens (tertiary/aromatic N) is 3. The van der Waals surface area contributed by atoms with Gasteiger partial charge < -0.3 is 0 Å². The van der Waals surface area contributed by atoms with Gasteiger partial charge in [0.05, 0.1) is 16.1 Å². The number of aromatic nitrogens is 4. The fraction of sp³-hybridized carbons (Fsp3) is 0.267. The number of carbonyl (C=O) groups excluding carboxylic acids is 2. The molecule has 0 bridgehead atoms. The van der Waals surface area contributed by atoms with Crippen LogP contribution in [0.15, 0.2) is 22.3 Å². The zero-order valence-corrected chi connectivity index (χ0v) is 13.9. The van der Waals surface area contributed by atoms with E-state index in [0.717, 1.165) is 6.42 Å². The van der Waals surface area contributed by atoms with Gasteiger partial charge in [0.2, 0.25) is 5.95 Å². The second kappa shape index (κ2) is 6.36. The minimum atomic E-state index is -0.417. The van der Waals surface area contributed by atoms with E-state index < -0.39 is 5.91 Å². The summed E-state index contributed by atoms with van der Waals surface area (Å²) in [6, 6.07) is 2.97. The van der Waals surface area contributed by atoms with Crippen molar-refractivity contribution in [3.8, 4) is 0 Å². The monoisotopic (exact) mass is 345 g/mol.